The molecule has 1 aromatic heterocycles. The van der Waals surface area contributed by atoms with Crippen molar-refractivity contribution in [3.05, 3.63) is 65.2 Å². The number of hydrogen-bond donors (Lipinski definition) is 0. The van der Waals surface area contributed by atoms with E-state index in [-0.39, 0.29) is 5.91 Å². The fraction of sp³-hybridized carbons (Fsp3) is 0.348. The lowest BCUT2D eigenvalue weighted by Crippen LogP contribution is -2.28. The summed E-state index contributed by atoms with van der Waals surface area (Å²) in [5, 5.41) is 9.58. The minimum atomic E-state index is 0.0846. The van der Waals surface area contributed by atoms with Crippen molar-refractivity contribution in [3.8, 4) is 11.4 Å². The number of carbonyl (C=O) groups excluding carboxylic acids is 1. The van der Waals surface area contributed by atoms with Gasteiger partial charge in [0.2, 0.25) is 5.91 Å². The Morgan fingerprint density at radius 2 is 1.90 bits per heavy atom. The van der Waals surface area contributed by atoms with E-state index in [1.54, 1.807) is 4.90 Å². The normalized spacial score (nSPS) is 10.9. The van der Waals surface area contributed by atoms with Gasteiger partial charge in [-0.15, -0.1) is 10.2 Å². The molecule has 0 aliphatic heterocycles. The molecular weight excluding hydrogens is 380 g/mol. The molecule has 0 radical (unpaired) electrons. The lowest BCUT2D eigenvalue weighted by atomic mass is 10.1. The maximum Gasteiger partial charge on any atom is 0.233 e. The first-order valence-electron chi connectivity index (χ1n) is 9.91. The van der Waals surface area contributed by atoms with Crippen molar-refractivity contribution < 1.29 is 4.79 Å². The van der Waals surface area contributed by atoms with E-state index in [1.807, 2.05) is 25.2 Å². The molecule has 2 aromatic carbocycles. The first-order valence-corrected chi connectivity index (χ1v) is 10.9. The minimum Gasteiger partial charge on any atom is -0.341 e. The zero-order valence-electron chi connectivity index (χ0n) is 17.6. The van der Waals surface area contributed by atoms with Crippen molar-refractivity contribution >= 4 is 17.7 Å². The summed E-state index contributed by atoms with van der Waals surface area (Å²) >= 11 is 1.46. The summed E-state index contributed by atoms with van der Waals surface area (Å²) < 4.78 is 2.12. The highest BCUT2D eigenvalue weighted by Gasteiger charge is 2.17. The van der Waals surface area contributed by atoms with Gasteiger partial charge in [0.25, 0.3) is 0 Å². The van der Waals surface area contributed by atoms with Gasteiger partial charge in [0.05, 0.1) is 5.75 Å². The molecule has 0 atom stereocenters. The minimum absolute atomic E-state index is 0.0846. The standard InChI is InChI=1S/C23H28N4OS/c1-5-13-27-22(19-12-8-9-17(2)14-19)24-25-23(27)29-16-21(28)26(4)15-20-11-7-6-10-18(20)3/h6-12,14H,5,13,15-16H2,1-4H3. The first kappa shape index (κ1) is 21.1. The summed E-state index contributed by atoms with van der Waals surface area (Å²) in [6.45, 7) is 7.72. The van der Waals surface area contributed by atoms with Crippen LogP contribution >= 0.6 is 11.8 Å². The maximum absolute atomic E-state index is 12.7. The molecule has 29 heavy (non-hydrogen) atoms. The average Bonchev–Trinajstić information content (AvgIpc) is 3.10. The molecule has 0 unspecified atom stereocenters. The summed E-state index contributed by atoms with van der Waals surface area (Å²) in [7, 11) is 1.85. The van der Waals surface area contributed by atoms with Gasteiger partial charge in [-0.1, -0.05) is 66.7 Å². The molecule has 0 saturated carbocycles. The van der Waals surface area contributed by atoms with Gasteiger partial charge in [0, 0.05) is 25.7 Å². The van der Waals surface area contributed by atoms with Crippen LogP contribution in [0.25, 0.3) is 11.4 Å². The Balaban J connectivity index is 1.70. The Bertz CT molecular complexity index is 983. The summed E-state index contributed by atoms with van der Waals surface area (Å²) in [4.78, 5) is 14.4. The van der Waals surface area contributed by atoms with Crippen LogP contribution in [0.3, 0.4) is 0 Å². The van der Waals surface area contributed by atoms with Crippen LogP contribution in [0.15, 0.2) is 53.7 Å². The molecule has 3 aromatic rings. The van der Waals surface area contributed by atoms with E-state index < -0.39 is 0 Å². The Kier molecular flexibility index (Phi) is 7.09. The number of aryl methyl sites for hydroxylation is 2. The van der Waals surface area contributed by atoms with E-state index in [2.05, 4.69) is 65.9 Å². The predicted molar refractivity (Wildman–Crippen MR) is 119 cm³/mol. The maximum atomic E-state index is 12.7. The van der Waals surface area contributed by atoms with Crippen molar-refractivity contribution in [2.24, 2.45) is 0 Å². The average molecular weight is 409 g/mol. The number of aromatic nitrogens is 3. The van der Waals surface area contributed by atoms with Crippen molar-refractivity contribution in [1.82, 2.24) is 19.7 Å². The van der Waals surface area contributed by atoms with E-state index in [0.29, 0.717) is 12.3 Å². The Morgan fingerprint density at radius 1 is 1.10 bits per heavy atom. The summed E-state index contributed by atoms with van der Waals surface area (Å²) in [6, 6.07) is 16.4. The fourth-order valence-corrected chi connectivity index (χ4v) is 4.09. The van der Waals surface area contributed by atoms with Crippen molar-refractivity contribution in [3.63, 3.8) is 0 Å². The van der Waals surface area contributed by atoms with Gasteiger partial charge in [-0.25, -0.2) is 0 Å². The molecule has 0 bridgehead atoms. The summed E-state index contributed by atoms with van der Waals surface area (Å²) in [5.41, 5.74) is 4.62. The summed E-state index contributed by atoms with van der Waals surface area (Å²) in [6.07, 6.45) is 0.978. The third-order valence-corrected chi connectivity index (χ3v) is 5.81. The van der Waals surface area contributed by atoms with Crippen LogP contribution < -0.4 is 0 Å². The molecule has 1 amide bonds. The van der Waals surface area contributed by atoms with Crippen LogP contribution in [-0.2, 0) is 17.9 Å². The molecule has 5 nitrogen and oxygen atoms in total. The first-order chi connectivity index (χ1) is 14.0. The second-order valence-corrected chi connectivity index (χ2v) is 8.23. The zero-order valence-corrected chi connectivity index (χ0v) is 18.4. The number of rotatable bonds is 8. The third kappa shape index (κ3) is 5.26. The molecule has 0 saturated heterocycles. The Labute approximate surface area is 177 Å². The van der Waals surface area contributed by atoms with Crippen LogP contribution in [-0.4, -0.2) is 38.4 Å². The van der Waals surface area contributed by atoms with E-state index in [0.717, 1.165) is 29.5 Å². The van der Waals surface area contributed by atoms with Crippen LogP contribution in [0.2, 0.25) is 0 Å². The highest BCUT2D eigenvalue weighted by atomic mass is 32.2. The number of hydrogen-bond acceptors (Lipinski definition) is 4. The Morgan fingerprint density at radius 3 is 2.62 bits per heavy atom. The molecule has 0 N–H and O–H groups in total. The van der Waals surface area contributed by atoms with Crippen LogP contribution in [0, 0.1) is 13.8 Å². The van der Waals surface area contributed by atoms with Crippen LogP contribution in [0.1, 0.15) is 30.0 Å². The number of benzene rings is 2. The highest BCUT2D eigenvalue weighted by Crippen LogP contribution is 2.25. The third-order valence-electron chi connectivity index (χ3n) is 4.86. The SMILES string of the molecule is CCCn1c(SCC(=O)N(C)Cc2ccccc2C)nnc1-c1cccc(C)c1. The fourth-order valence-electron chi connectivity index (χ4n) is 3.19. The van der Waals surface area contributed by atoms with Crippen molar-refractivity contribution in [2.75, 3.05) is 12.8 Å². The van der Waals surface area contributed by atoms with Gasteiger partial charge in [0.15, 0.2) is 11.0 Å². The van der Waals surface area contributed by atoms with Gasteiger partial charge < -0.3 is 9.47 Å². The molecule has 0 aliphatic rings. The number of thioether (sulfide) groups is 1. The monoisotopic (exact) mass is 408 g/mol. The largest absolute Gasteiger partial charge is 0.341 e. The Hall–Kier alpha value is -2.60. The van der Waals surface area contributed by atoms with Crippen molar-refractivity contribution in [2.45, 2.75) is 45.4 Å². The number of nitrogens with zero attached hydrogens (tertiary/aromatic N) is 4. The molecule has 1 heterocycles. The van der Waals surface area contributed by atoms with Crippen molar-refractivity contribution in [1.29, 1.82) is 0 Å². The molecule has 0 fully saturated rings. The molecular formula is C23H28N4OS. The molecule has 0 aliphatic carbocycles. The molecule has 3 rings (SSSR count). The van der Waals surface area contributed by atoms with Gasteiger partial charge in [-0.2, -0.15) is 0 Å². The summed E-state index contributed by atoms with van der Waals surface area (Å²) in [5.74, 6) is 1.29. The predicted octanol–water partition coefficient (Wildman–Crippen LogP) is 4.72. The molecule has 6 heteroatoms. The van der Waals surface area contributed by atoms with Gasteiger partial charge in [-0.05, 0) is 37.5 Å². The molecule has 0 spiro atoms. The highest BCUT2D eigenvalue weighted by molar-refractivity contribution is 7.99. The lowest BCUT2D eigenvalue weighted by molar-refractivity contribution is -0.127. The van der Waals surface area contributed by atoms with Crippen LogP contribution in [0.5, 0.6) is 0 Å². The van der Waals surface area contributed by atoms with E-state index in [9.17, 15) is 4.79 Å². The second kappa shape index (κ2) is 9.74. The van der Waals surface area contributed by atoms with Gasteiger partial charge in [-0.3, -0.25) is 4.79 Å². The van der Waals surface area contributed by atoms with E-state index in [4.69, 9.17) is 0 Å². The number of carbonyl (C=O) groups is 1. The van der Waals surface area contributed by atoms with E-state index >= 15 is 0 Å². The topological polar surface area (TPSA) is 51.0 Å². The lowest BCUT2D eigenvalue weighted by Gasteiger charge is -2.18. The molecule has 152 valence electrons. The quantitative estimate of drug-likeness (QED) is 0.506. The van der Waals surface area contributed by atoms with E-state index in [1.165, 1.54) is 28.5 Å². The second-order valence-electron chi connectivity index (χ2n) is 7.29. The van der Waals surface area contributed by atoms with Gasteiger partial charge >= 0.3 is 0 Å². The van der Waals surface area contributed by atoms with Crippen LogP contribution in [0.4, 0.5) is 0 Å². The number of amides is 1. The zero-order chi connectivity index (χ0) is 20.8. The smallest absolute Gasteiger partial charge is 0.233 e. The van der Waals surface area contributed by atoms with Gasteiger partial charge in [0.1, 0.15) is 0 Å².